The highest BCUT2D eigenvalue weighted by Crippen LogP contribution is 2.41. The van der Waals surface area contributed by atoms with Crippen molar-refractivity contribution in [1.29, 1.82) is 0 Å². The predicted octanol–water partition coefficient (Wildman–Crippen LogP) is 3.48. The number of aliphatic hydroxyl groups is 1. The highest BCUT2D eigenvalue weighted by atomic mass is 19.4. The largest absolute Gasteiger partial charge is 0.460 e. The van der Waals surface area contributed by atoms with Crippen LogP contribution < -0.4 is 10.2 Å². The highest BCUT2D eigenvalue weighted by Gasteiger charge is 2.39. The third-order valence-electron chi connectivity index (χ3n) is 6.09. The Morgan fingerprint density at radius 2 is 1.88 bits per heavy atom. The van der Waals surface area contributed by atoms with Crippen molar-refractivity contribution >= 4 is 17.6 Å². The lowest BCUT2D eigenvalue weighted by Crippen LogP contribution is -2.39. The van der Waals surface area contributed by atoms with Gasteiger partial charge in [0.25, 0.3) is 0 Å². The van der Waals surface area contributed by atoms with Crippen molar-refractivity contribution < 1.29 is 32.6 Å². The van der Waals surface area contributed by atoms with Gasteiger partial charge in [-0.2, -0.15) is 13.2 Å². The standard InChI is InChI=1S/C23H31F3N2O4/c1-22(2,3)32-21(31)14-6-9-28(10-7-14)19-12-15(23(24,25)26)4-5-16(19)18-13-27-20(30)17(18)8-11-29/h4-5,12,14,17-18,29H,6-11,13H2,1-3H3,(H,27,30)/t17-,18-/m1/s1. The molecule has 1 aromatic rings. The number of aliphatic hydroxyl groups excluding tert-OH is 1. The topological polar surface area (TPSA) is 78.9 Å². The molecule has 9 heteroatoms. The number of rotatable bonds is 5. The molecule has 2 saturated heterocycles. The maximum absolute atomic E-state index is 13.4. The monoisotopic (exact) mass is 456 g/mol. The first kappa shape index (κ1) is 24.4. The molecule has 0 unspecified atom stereocenters. The fourth-order valence-corrected chi connectivity index (χ4v) is 4.51. The lowest BCUT2D eigenvalue weighted by molar-refractivity contribution is -0.160. The number of ether oxygens (including phenoxy) is 1. The van der Waals surface area contributed by atoms with E-state index in [2.05, 4.69) is 5.32 Å². The zero-order chi connectivity index (χ0) is 23.7. The summed E-state index contributed by atoms with van der Waals surface area (Å²) in [5.74, 6) is -1.59. The molecule has 0 aliphatic carbocycles. The number of hydrogen-bond donors (Lipinski definition) is 2. The van der Waals surface area contributed by atoms with Gasteiger partial charge in [0.2, 0.25) is 5.91 Å². The summed E-state index contributed by atoms with van der Waals surface area (Å²) in [4.78, 5) is 26.5. The Hall–Kier alpha value is -2.29. The molecular formula is C23H31F3N2O4. The average Bonchev–Trinajstić information content (AvgIpc) is 3.06. The second-order valence-corrected chi connectivity index (χ2v) is 9.54. The van der Waals surface area contributed by atoms with E-state index in [1.807, 2.05) is 4.90 Å². The van der Waals surface area contributed by atoms with Crippen molar-refractivity contribution in [2.24, 2.45) is 11.8 Å². The van der Waals surface area contributed by atoms with Gasteiger partial charge in [-0.05, 0) is 57.7 Å². The van der Waals surface area contributed by atoms with Gasteiger partial charge in [0.15, 0.2) is 0 Å². The smallest absolute Gasteiger partial charge is 0.416 e. The van der Waals surface area contributed by atoms with Crippen LogP contribution in [0.15, 0.2) is 18.2 Å². The Morgan fingerprint density at radius 3 is 2.44 bits per heavy atom. The predicted molar refractivity (Wildman–Crippen MR) is 113 cm³/mol. The summed E-state index contributed by atoms with van der Waals surface area (Å²) in [6.07, 6.45) is -3.28. The van der Waals surface area contributed by atoms with Crippen molar-refractivity contribution in [3.63, 3.8) is 0 Å². The Labute approximate surface area is 186 Å². The van der Waals surface area contributed by atoms with E-state index in [1.165, 1.54) is 6.07 Å². The van der Waals surface area contributed by atoms with Crippen LogP contribution in [0.25, 0.3) is 0 Å². The minimum Gasteiger partial charge on any atom is -0.460 e. The van der Waals surface area contributed by atoms with Gasteiger partial charge in [-0.3, -0.25) is 9.59 Å². The lowest BCUT2D eigenvalue weighted by atomic mass is 9.84. The molecule has 6 nitrogen and oxygen atoms in total. The molecular weight excluding hydrogens is 425 g/mol. The number of anilines is 1. The van der Waals surface area contributed by atoms with E-state index >= 15 is 0 Å². The van der Waals surface area contributed by atoms with E-state index in [0.717, 1.165) is 12.1 Å². The van der Waals surface area contributed by atoms with Crippen LogP contribution in [0.4, 0.5) is 18.9 Å². The average molecular weight is 457 g/mol. The normalized spacial score (nSPS) is 22.7. The Kier molecular flexibility index (Phi) is 7.07. The van der Waals surface area contributed by atoms with Crippen molar-refractivity contribution in [2.45, 2.75) is 57.7 Å². The molecule has 2 aliphatic rings. The van der Waals surface area contributed by atoms with Gasteiger partial charge in [0, 0.05) is 43.8 Å². The first-order valence-electron chi connectivity index (χ1n) is 11.0. The lowest BCUT2D eigenvalue weighted by Gasteiger charge is -2.36. The second-order valence-electron chi connectivity index (χ2n) is 9.54. The number of benzene rings is 1. The van der Waals surface area contributed by atoms with Crippen LogP contribution in [0, 0.1) is 11.8 Å². The number of esters is 1. The fraction of sp³-hybridized carbons (Fsp3) is 0.652. The van der Waals surface area contributed by atoms with Crippen LogP contribution in [0.5, 0.6) is 0 Å². The third-order valence-corrected chi connectivity index (χ3v) is 6.09. The maximum Gasteiger partial charge on any atom is 0.416 e. The molecule has 2 aliphatic heterocycles. The van der Waals surface area contributed by atoms with Gasteiger partial charge >= 0.3 is 12.1 Å². The minimum absolute atomic E-state index is 0.175. The number of nitrogens with one attached hydrogen (secondary N) is 1. The number of hydrogen-bond acceptors (Lipinski definition) is 5. The molecule has 0 radical (unpaired) electrons. The summed E-state index contributed by atoms with van der Waals surface area (Å²) in [6, 6.07) is 3.64. The number of nitrogens with zero attached hydrogens (tertiary/aromatic N) is 1. The van der Waals surface area contributed by atoms with Crippen molar-refractivity contribution in [3.05, 3.63) is 29.3 Å². The Bertz CT molecular complexity index is 843. The summed E-state index contributed by atoms with van der Waals surface area (Å²) >= 11 is 0. The molecule has 1 aromatic carbocycles. The van der Waals surface area contributed by atoms with E-state index < -0.39 is 23.3 Å². The first-order valence-corrected chi connectivity index (χ1v) is 11.0. The molecule has 2 N–H and O–H groups in total. The maximum atomic E-state index is 13.4. The summed E-state index contributed by atoms with van der Waals surface area (Å²) in [7, 11) is 0. The quantitative estimate of drug-likeness (QED) is 0.664. The minimum atomic E-state index is -4.49. The number of carbonyl (C=O) groups is 2. The van der Waals surface area contributed by atoms with Gasteiger partial charge in [-0.25, -0.2) is 0 Å². The third kappa shape index (κ3) is 5.54. The van der Waals surface area contributed by atoms with E-state index in [0.29, 0.717) is 43.7 Å². The molecule has 0 bridgehead atoms. The van der Waals surface area contributed by atoms with Crippen LogP contribution in [0.3, 0.4) is 0 Å². The van der Waals surface area contributed by atoms with Crippen LogP contribution in [-0.4, -0.2) is 48.8 Å². The number of carbonyl (C=O) groups excluding carboxylic acids is 2. The van der Waals surface area contributed by atoms with Gasteiger partial charge in [0.1, 0.15) is 5.60 Å². The molecule has 0 saturated carbocycles. The van der Waals surface area contributed by atoms with Gasteiger partial charge in [0.05, 0.1) is 11.5 Å². The SMILES string of the molecule is CC(C)(C)OC(=O)C1CCN(c2cc(C(F)(F)F)ccc2[C@H]2CNC(=O)[C@@H]2CCO)CC1. The molecule has 32 heavy (non-hydrogen) atoms. The summed E-state index contributed by atoms with van der Waals surface area (Å²) in [5.41, 5.74) is -0.245. The fourth-order valence-electron chi connectivity index (χ4n) is 4.51. The Morgan fingerprint density at radius 1 is 1.22 bits per heavy atom. The second kappa shape index (κ2) is 9.29. The molecule has 1 amide bonds. The van der Waals surface area contributed by atoms with Gasteiger partial charge in [-0.1, -0.05) is 6.07 Å². The Balaban J connectivity index is 1.86. The van der Waals surface area contributed by atoms with Crippen LogP contribution in [0.1, 0.15) is 57.1 Å². The number of amides is 1. The summed E-state index contributed by atoms with van der Waals surface area (Å²) < 4.78 is 45.8. The van der Waals surface area contributed by atoms with Crippen LogP contribution in [0.2, 0.25) is 0 Å². The zero-order valence-electron chi connectivity index (χ0n) is 18.7. The van der Waals surface area contributed by atoms with E-state index in [-0.39, 0.29) is 36.7 Å². The molecule has 2 fully saturated rings. The van der Waals surface area contributed by atoms with Gasteiger partial charge in [-0.15, -0.1) is 0 Å². The molecule has 0 aromatic heterocycles. The molecule has 0 spiro atoms. The number of piperidine rings is 1. The highest BCUT2D eigenvalue weighted by molar-refractivity contribution is 5.83. The van der Waals surface area contributed by atoms with Gasteiger partial charge < -0.3 is 20.1 Å². The molecule has 3 rings (SSSR count). The van der Waals surface area contributed by atoms with E-state index in [9.17, 15) is 27.9 Å². The van der Waals surface area contributed by atoms with Crippen molar-refractivity contribution in [3.8, 4) is 0 Å². The van der Waals surface area contributed by atoms with Crippen LogP contribution >= 0.6 is 0 Å². The number of alkyl halides is 3. The molecule has 178 valence electrons. The van der Waals surface area contributed by atoms with Crippen molar-refractivity contribution in [2.75, 3.05) is 31.1 Å². The zero-order valence-corrected chi connectivity index (χ0v) is 18.7. The van der Waals surface area contributed by atoms with E-state index in [1.54, 1.807) is 20.8 Å². The molecule has 2 heterocycles. The van der Waals surface area contributed by atoms with Crippen LogP contribution in [-0.2, 0) is 20.5 Å². The first-order chi connectivity index (χ1) is 14.9. The number of halogens is 3. The molecule has 2 atom stereocenters. The summed E-state index contributed by atoms with van der Waals surface area (Å²) in [5, 5.41) is 12.1. The van der Waals surface area contributed by atoms with Crippen molar-refractivity contribution in [1.82, 2.24) is 5.32 Å². The van der Waals surface area contributed by atoms with E-state index in [4.69, 9.17) is 4.74 Å². The summed E-state index contributed by atoms with van der Waals surface area (Å²) in [6.45, 7) is 6.37.